The fourth-order valence-corrected chi connectivity index (χ4v) is 3.55. The third kappa shape index (κ3) is 7.58. The summed E-state index contributed by atoms with van der Waals surface area (Å²) in [5.74, 6) is -3.63. The number of aliphatic carboxylic acids is 1. The van der Waals surface area contributed by atoms with E-state index in [1.807, 2.05) is 0 Å². The van der Waals surface area contributed by atoms with Crippen LogP contribution < -0.4 is 11.1 Å². The molecule has 0 aliphatic heterocycles. The molecule has 188 valence electrons. The Kier molecular flexibility index (Phi) is 9.48. The Morgan fingerprint density at radius 3 is 2.60 bits per heavy atom. The largest absolute Gasteiger partial charge is 0.507 e. The minimum atomic E-state index is -1.91. The van der Waals surface area contributed by atoms with E-state index in [-0.39, 0.29) is 35.3 Å². The number of benzene rings is 1. The van der Waals surface area contributed by atoms with Gasteiger partial charge < -0.3 is 36.1 Å². The highest BCUT2D eigenvalue weighted by Crippen LogP contribution is 2.29. The van der Waals surface area contributed by atoms with Crippen molar-refractivity contribution in [1.82, 2.24) is 4.98 Å². The molecule has 0 aliphatic carbocycles. The van der Waals surface area contributed by atoms with Crippen molar-refractivity contribution in [2.24, 2.45) is 10.9 Å². The molecule has 0 fully saturated rings. The number of nitrogens with two attached hydrogens (primary N) is 1. The Bertz CT molecular complexity index is 1120. The van der Waals surface area contributed by atoms with Crippen LogP contribution in [0, 0.1) is 6.92 Å². The average Bonchev–Trinajstić information content (AvgIpc) is 3.23. The van der Waals surface area contributed by atoms with Crippen LogP contribution in [0.1, 0.15) is 37.1 Å². The number of hydrogen-bond donors (Lipinski definition) is 6. The van der Waals surface area contributed by atoms with Gasteiger partial charge in [0.1, 0.15) is 11.4 Å². The number of oxime groups is 1. The molecule has 2 aromatic rings. The summed E-state index contributed by atoms with van der Waals surface area (Å²) in [6, 6.07) is 4.97. The highest BCUT2D eigenvalue weighted by atomic mass is 32.1. The van der Waals surface area contributed by atoms with E-state index in [2.05, 4.69) is 15.5 Å². The molecule has 1 heterocycles. The molecule has 0 saturated heterocycles. The third-order valence-corrected chi connectivity index (χ3v) is 5.75. The fraction of sp³-hybridized carbons (Fsp3) is 0.381. The number of phenols is 1. The molecule has 7 N–H and O–H groups in total. The molecule has 1 atom stereocenters. The molecule has 0 saturated carbocycles. The minimum Gasteiger partial charge on any atom is -0.507 e. The Labute approximate surface area is 205 Å². The van der Waals surface area contributed by atoms with Crippen LogP contribution in [0.4, 0.5) is 5.13 Å². The number of para-hydroxylation sites is 1. The van der Waals surface area contributed by atoms with Gasteiger partial charge in [0, 0.05) is 17.6 Å². The maximum atomic E-state index is 13.2. The van der Waals surface area contributed by atoms with E-state index < -0.39 is 42.6 Å². The number of phenolic OH excluding ortho intramolecular Hbond substituents is 1. The van der Waals surface area contributed by atoms with Crippen molar-refractivity contribution in [2.45, 2.75) is 45.0 Å². The van der Waals surface area contributed by atoms with E-state index in [0.29, 0.717) is 11.1 Å². The summed E-state index contributed by atoms with van der Waals surface area (Å²) in [4.78, 5) is 45.3. The topological polar surface area (TPSA) is 205 Å². The number of aromatic nitrogens is 1. The van der Waals surface area contributed by atoms with E-state index in [1.54, 1.807) is 25.1 Å². The smallest absolute Gasteiger partial charge is 0.455 e. The van der Waals surface area contributed by atoms with E-state index in [4.69, 9.17) is 10.6 Å². The van der Waals surface area contributed by atoms with Crippen molar-refractivity contribution in [3.8, 4) is 5.75 Å². The number of aryl methyl sites for hydroxylation is 1. The van der Waals surface area contributed by atoms with E-state index in [0.717, 1.165) is 11.3 Å². The minimum absolute atomic E-state index is 0.0157. The van der Waals surface area contributed by atoms with Gasteiger partial charge in [-0.25, -0.2) is 9.78 Å². The van der Waals surface area contributed by atoms with Crippen LogP contribution in [0.3, 0.4) is 0 Å². The summed E-state index contributed by atoms with van der Waals surface area (Å²) in [6.45, 7) is 3.86. The number of carbonyl (C=O) groups is 3. The molecule has 2 rings (SSSR count). The van der Waals surface area contributed by atoms with Crippen molar-refractivity contribution in [2.75, 3.05) is 11.9 Å². The van der Waals surface area contributed by atoms with Crippen molar-refractivity contribution >= 4 is 47.0 Å². The van der Waals surface area contributed by atoms with Gasteiger partial charge in [0.05, 0.1) is 6.54 Å². The second kappa shape index (κ2) is 11.9. The number of hydrogen-bond acceptors (Lipinski definition) is 11. The predicted molar refractivity (Wildman–Crippen MR) is 129 cm³/mol. The predicted octanol–water partition coefficient (Wildman–Crippen LogP) is 0.683. The van der Waals surface area contributed by atoms with Crippen LogP contribution in [-0.4, -0.2) is 67.9 Å². The molecule has 1 aromatic heterocycles. The number of Topliss-reactive ketones (excluding diaryl/α,β-unsaturated/α-hetero) is 1. The second-order valence-electron chi connectivity index (χ2n) is 8.22. The SMILES string of the molecule is Cc1cccc(C[C@H](CC(=O)/C(=N\OC(C)(C)C(=O)O)c2csc(NC(=O)CN)n2)B(O)O)c1O. The van der Waals surface area contributed by atoms with E-state index >= 15 is 0 Å². The quantitative estimate of drug-likeness (QED) is 0.135. The molecule has 1 aromatic carbocycles. The summed E-state index contributed by atoms with van der Waals surface area (Å²) < 4.78 is 0. The lowest BCUT2D eigenvalue weighted by Gasteiger charge is -2.19. The number of carbonyl (C=O) groups excluding carboxylic acids is 2. The number of carboxylic acids is 1. The normalized spacial score (nSPS) is 12.7. The van der Waals surface area contributed by atoms with Gasteiger partial charge in [-0.1, -0.05) is 23.4 Å². The first-order chi connectivity index (χ1) is 16.4. The van der Waals surface area contributed by atoms with Crippen molar-refractivity contribution in [3.63, 3.8) is 0 Å². The zero-order valence-corrected chi connectivity index (χ0v) is 20.2. The maximum Gasteiger partial charge on any atom is 0.455 e. The molecule has 0 spiro atoms. The number of aromatic hydroxyl groups is 1. The molecular weight excluding hydrogens is 479 g/mol. The molecule has 14 heteroatoms. The van der Waals surface area contributed by atoms with Crippen LogP contribution in [-0.2, 0) is 25.6 Å². The van der Waals surface area contributed by atoms with Crippen LogP contribution >= 0.6 is 11.3 Å². The summed E-state index contributed by atoms with van der Waals surface area (Å²) in [5.41, 5.74) is 4.11. The third-order valence-electron chi connectivity index (χ3n) is 5.00. The van der Waals surface area contributed by atoms with Gasteiger partial charge in [0.2, 0.25) is 11.5 Å². The van der Waals surface area contributed by atoms with Gasteiger partial charge in [0.25, 0.3) is 0 Å². The van der Waals surface area contributed by atoms with Gasteiger partial charge >= 0.3 is 13.1 Å². The van der Waals surface area contributed by atoms with Crippen molar-refractivity contribution in [1.29, 1.82) is 0 Å². The maximum absolute atomic E-state index is 13.2. The fourth-order valence-electron chi connectivity index (χ4n) is 2.83. The molecule has 35 heavy (non-hydrogen) atoms. The number of rotatable bonds is 12. The Morgan fingerprint density at radius 2 is 2.00 bits per heavy atom. The highest BCUT2D eigenvalue weighted by Gasteiger charge is 2.33. The summed E-state index contributed by atoms with van der Waals surface area (Å²) in [6.07, 6.45) is -0.483. The average molecular weight is 506 g/mol. The standard InChI is InChI=1S/C21H27BN4O8S/c1-11-5-4-6-12(18(11)29)7-13(22(32)33)8-15(27)17(26-34-21(2,3)19(30)31)14-10-35-20(24-14)25-16(28)9-23/h4-6,10,13,29,32-33H,7-9,23H2,1-3H3,(H,30,31)(H,24,25,28)/b26-17-/t13-/m1/s1. The molecule has 0 aliphatic rings. The number of carboxylic acid groups (broad SMARTS) is 1. The Morgan fingerprint density at radius 1 is 1.31 bits per heavy atom. The van der Waals surface area contributed by atoms with Gasteiger partial charge in [-0.15, -0.1) is 11.3 Å². The first-order valence-electron chi connectivity index (χ1n) is 10.5. The number of nitrogens with one attached hydrogen (secondary N) is 1. The highest BCUT2D eigenvalue weighted by molar-refractivity contribution is 7.14. The lowest BCUT2D eigenvalue weighted by Crippen LogP contribution is -2.34. The molecular formula is C21H27BN4O8S. The first-order valence-corrected chi connectivity index (χ1v) is 11.4. The molecule has 1 amide bonds. The number of ketones is 1. The summed E-state index contributed by atoms with van der Waals surface area (Å²) >= 11 is 0.975. The first kappa shape index (κ1) is 27.9. The molecule has 0 bridgehead atoms. The number of nitrogens with zero attached hydrogens (tertiary/aromatic N) is 2. The molecule has 12 nitrogen and oxygen atoms in total. The summed E-state index contributed by atoms with van der Waals surface area (Å²) in [7, 11) is -1.91. The Balaban J connectivity index is 2.36. The van der Waals surface area contributed by atoms with Crippen molar-refractivity contribution < 1.29 is 39.5 Å². The van der Waals surface area contributed by atoms with Crippen LogP contribution in [0.15, 0.2) is 28.7 Å². The van der Waals surface area contributed by atoms with Gasteiger partial charge in [-0.3, -0.25) is 9.59 Å². The number of thiazole rings is 1. The number of anilines is 1. The Hall–Kier alpha value is -3.33. The number of amides is 1. The van der Waals surface area contributed by atoms with Gasteiger partial charge in [-0.05, 0) is 38.3 Å². The van der Waals surface area contributed by atoms with E-state index in [9.17, 15) is 34.6 Å². The van der Waals surface area contributed by atoms with Gasteiger partial charge in [-0.2, -0.15) is 0 Å². The summed E-state index contributed by atoms with van der Waals surface area (Å²) in [5, 5.41) is 47.0. The molecule has 0 unspecified atom stereocenters. The van der Waals surface area contributed by atoms with Gasteiger partial charge in [0.15, 0.2) is 16.6 Å². The van der Waals surface area contributed by atoms with E-state index in [1.165, 1.54) is 19.2 Å². The zero-order valence-electron chi connectivity index (χ0n) is 19.4. The second-order valence-corrected chi connectivity index (χ2v) is 9.08. The van der Waals surface area contributed by atoms with Crippen LogP contribution in [0.2, 0.25) is 5.82 Å². The monoisotopic (exact) mass is 506 g/mol. The lowest BCUT2D eigenvalue weighted by molar-refractivity contribution is -0.161. The van der Waals surface area contributed by atoms with Crippen LogP contribution in [0.25, 0.3) is 0 Å². The lowest BCUT2D eigenvalue weighted by atomic mass is 9.66. The molecule has 0 radical (unpaired) electrons. The van der Waals surface area contributed by atoms with Crippen molar-refractivity contribution in [3.05, 3.63) is 40.4 Å². The zero-order chi connectivity index (χ0) is 26.3. The van der Waals surface area contributed by atoms with Crippen LogP contribution in [0.5, 0.6) is 5.75 Å².